The number of rotatable bonds is 3. The molecule has 0 radical (unpaired) electrons. The Morgan fingerprint density at radius 1 is 1.06 bits per heavy atom. The zero-order valence-electron chi connectivity index (χ0n) is 11.2. The topological polar surface area (TPSA) is 82.5 Å². The van der Waals surface area contributed by atoms with Crippen molar-refractivity contribution in [3.05, 3.63) is 22.8 Å². The summed E-state index contributed by atoms with van der Waals surface area (Å²) in [6.45, 7) is 7.87. The first kappa shape index (κ1) is 12.5. The minimum atomic E-state index is 0.487. The molecule has 0 atom stereocenters. The van der Waals surface area contributed by atoms with E-state index in [0.29, 0.717) is 11.6 Å². The number of hydrogen-bond donors (Lipinski definition) is 1. The molecule has 2 heterocycles. The van der Waals surface area contributed by atoms with Gasteiger partial charge in [0.1, 0.15) is 0 Å². The third-order valence-corrected chi connectivity index (χ3v) is 3.03. The molecule has 6 nitrogen and oxygen atoms in total. The number of aromatic nitrogens is 5. The van der Waals surface area contributed by atoms with Crippen LogP contribution >= 0.6 is 0 Å². The lowest BCUT2D eigenvalue weighted by molar-refractivity contribution is 0.712. The average molecular weight is 246 g/mol. The fourth-order valence-corrected chi connectivity index (χ4v) is 1.87. The number of nitrogens with zero attached hydrogens (tertiary/aromatic N) is 5. The number of nitrogens with two attached hydrogens (primary N) is 1. The first-order valence-electron chi connectivity index (χ1n) is 6.13. The Labute approximate surface area is 106 Å². The van der Waals surface area contributed by atoms with Crippen LogP contribution in [-0.2, 0) is 12.8 Å². The minimum absolute atomic E-state index is 0.487. The minimum Gasteiger partial charge on any atom is -0.396 e. The maximum atomic E-state index is 5.91. The SMILES string of the molecule is CCc1nnc(-n2nc(C)c(N)c2C)nc1CC. The summed E-state index contributed by atoms with van der Waals surface area (Å²) in [6.07, 6.45) is 1.67. The summed E-state index contributed by atoms with van der Waals surface area (Å²) in [5.74, 6) is 0.487. The summed E-state index contributed by atoms with van der Waals surface area (Å²) in [5.41, 5.74) is 10.1. The smallest absolute Gasteiger partial charge is 0.270 e. The molecule has 18 heavy (non-hydrogen) atoms. The Hall–Kier alpha value is -1.98. The Kier molecular flexibility index (Phi) is 3.27. The van der Waals surface area contributed by atoms with Gasteiger partial charge in [-0.05, 0) is 26.7 Å². The fraction of sp³-hybridized carbons (Fsp3) is 0.500. The Morgan fingerprint density at radius 2 is 1.72 bits per heavy atom. The molecule has 0 saturated heterocycles. The van der Waals surface area contributed by atoms with Crippen molar-refractivity contribution < 1.29 is 0 Å². The molecule has 0 saturated carbocycles. The Bertz CT molecular complexity index is 572. The molecule has 0 aliphatic carbocycles. The van der Waals surface area contributed by atoms with E-state index in [4.69, 9.17) is 5.73 Å². The number of hydrogen-bond acceptors (Lipinski definition) is 5. The molecule has 0 aromatic carbocycles. The van der Waals surface area contributed by atoms with Crippen molar-refractivity contribution >= 4 is 5.69 Å². The van der Waals surface area contributed by atoms with E-state index in [-0.39, 0.29) is 0 Å². The molecule has 2 N–H and O–H groups in total. The van der Waals surface area contributed by atoms with Crippen LogP contribution in [0.4, 0.5) is 5.69 Å². The number of aryl methyl sites for hydroxylation is 3. The summed E-state index contributed by atoms with van der Waals surface area (Å²) < 4.78 is 1.65. The lowest BCUT2D eigenvalue weighted by atomic mass is 10.2. The second kappa shape index (κ2) is 4.72. The van der Waals surface area contributed by atoms with E-state index >= 15 is 0 Å². The summed E-state index contributed by atoms with van der Waals surface area (Å²) >= 11 is 0. The maximum Gasteiger partial charge on any atom is 0.270 e. The molecule has 0 aliphatic rings. The van der Waals surface area contributed by atoms with Crippen molar-refractivity contribution in [2.75, 3.05) is 5.73 Å². The van der Waals surface area contributed by atoms with E-state index in [1.807, 2.05) is 20.8 Å². The first-order chi connectivity index (χ1) is 8.58. The predicted octanol–water partition coefficient (Wildman–Crippen LogP) is 1.38. The number of anilines is 1. The third-order valence-electron chi connectivity index (χ3n) is 3.03. The van der Waals surface area contributed by atoms with Gasteiger partial charge >= 0.3 is 0 Å². The van der Waals surface area contributed by atoms with Crippen molar-refractivity contribution in [1.82, 2.24) is 25.0 Å². The van der Waals surface area contributed by atoms with Crippen LogP contribution in [0.1, 0.15) is 36.6 Å². The molecule has 0 aliphatic heterocycles. The molecule has 0 spiro atoms. The number of nitrogen functional groups attached to an aromatic ring is 1. The van der Waals surface area contributed by atoms with E-state index in [0.717, 1.165) is 35.6 Å². The van der Waals surface area contributed by atoms with Gasteiger partial charge in [-0.1, -0.05) is 13.8 Å². The Morgan fingerprint density at radius 3 is 2.22 bits per heavy atom. The molecule has 0 bridgehead atoms. The lowest BCUT2D eigenvalue weighted by Crippen LogP contribution is -2.11. The predicted molar refractivity (Wildman–Crippen MR) is 69.6 cm³/mol. The van der Waals surface area contributed by atoms with Crippen molar-refractivity contribution in [1.29, 1.82) is 0 Å². The van der Waals surface area contributed by atoms with Crippen molar-refractivity contribution in [3.8, 4) is 5.95 Å². The molecular weight excluding hydrogens is 228 g/mol. The van der Waals surface area contributed by atoms with Crippen LogP contribution < -0.4 is 5.73 Å². The van der Waals surface area contributed by atoms with Crippen LogP contribution in [0, 0.1) is 13.8 Å². The van der Waals surface area contributed by atoms with Gasteiger partial charge in [-0.3, -0.25) is 0 Å². The summed E-state index contributed by atoms with van der Waals surface area (Å²) in [6, 6.07) is 0. The maximum absolute atomic E-state index is 5.91. The van der Waals surface area contributed by atoms with Crippen LogP contribution in [0.3, 0.4) is 0 Å². The second-order valence-corrected chi connectivity index (χ2v) is 4.21. The standard InChI is InChI=1S/C12H18N6/c1-5-9-10(6-2)15-16-12(14-9)18-8(4)11(13)7(3)17-18/h5-6,13H2,1-4H3. The van der Waals surface area contributed by atoms with Crippen LogP contribution in [0.25, 0.3) is 5.95 Å². The van der Waals surface area contributed by atoms with Crippen LogP contribution in [-0.4, -0.2) is 25.0 Å². The lowest BCUT2D eigenvalue weighted by Gasteiger charge is -2.06. The summed E-state index contributed by atoms with van der Waals surface area (Å²) in [4.78, 5) is 4.52. The van der Waals surface area contributed by atoms with Gasteiger partial charge in [0.05, 0.1) is 28.5 Å². The quantitative estimate of drug-likeness (QED) is 0.884. The van der Waals surface area contributed by atoms with Gasteiger partial charge in [0.25, 0.3) is 5.95 Å². The van der Waals surface area contributed by atoms with Crippen LogP contribution in [0.15, 0.2) is 0 Å². The van der Waals surface area contributed by atoms with Gasteiger partial charge in [0.2, 0.25) is 0 Å². The Balaban J connectivity index is 2.54. The zero-order chi connectivity index (χ0) is 13.3. The highest BCUT2D eigenvalue weighted by molar-refractivity contribution is 5.48. The molecule has 2 aromatic rings. The normalized spacial score (nSPS) is 10.9. The molecule has 0 amide bonds. The molecular formula is C12H18N6. The zero-order valence-corrected chi connectivity index (χ0v) is 11.2. The van der Waals surface area contributed by atoms with Crippen LogP contribution in [0.5, 0.6) is 0 Å². The second-order valence-electron chi connectivity index (χ2n) is 4.21. The monoisotopic (exact) mass is 246 g/mol. The van der Waals surface area contributed by atoms with Gasteiger partial charge in [-0.2, -0.15) is 9.78 Å². The van der Waals surface area contributed by atoms with E-state index in [1.54, 1.807) is 4.68 Å². The van der Waals surface area contributed by atoms with Gasteiger partial charge in [0, 0.05) is 0 Å². The van der Waals surface area contributed by atoms with Gasteiger partial charge in [-0.25, -0.2) is 4.98 Å². The highest BCUT2D eigenvalue weighted by Crippen LogP contribution is 2.17. The largest absolute Gasteiger partial charge is 0.396 e. The van der Waals surface area contributed by atoms with Crippen molar-refractivity contribution in [2.45, 2.75) is 40.5 Å². The highest BCUT2D eigenvalue weighted by atomic mass is 15.4. The van der Waals surface area contributed by atoms with Crippen LogP contribution in [0.2, 0.25) is 0 Å². The molecule has 0 unspecified atom stereocenters. The highest BCUT2D eigenvalue weighted by Gasteiger charge is 2.14. The summed E-state index contributed by atoms with van der Waals surface area (Å²) in [5, 5.41) is 12.7. The van der Waals surface area contributed by atoms with E-state index in [1.165, 1.54) is 0 Å². The summed E-state index contributed by atoms with van der Waals surface area (Å²) in [7, 11) is 0. The average Bonchev–Trinajstić information content (AvgIpc) is 2.65. The fourth-order valence-electron chi connectivity index (χ4n) is 1.87. The van der Waals surface area contributed by atoms with Crippen molar-refractivity contribution in [3.63, 3.8) is 0 Å². The molecule has 2 rings (SSSR count). The third kappa shape index (κ3) is 1.94. The molecule has 6 heteroatoms. The molecule has 96 valence electrons. The van der Waals surface area contributed by atoms with Gasteiger partial charge in [0.15, 0.2) is 0 Å². The van der Waals surface area contributed by atoms with Gasteiger partial charge in [-0.15, -0.1) is 10.2 Å². The van der Waals surface area contributed by atoms with Crippen molar-refractivity contribution in [2.24, 2.45) is 0 Å². The first-order valence-corrected chi connectivity index (χ1v) is 6.13. The molecule has 0 fully saturated rings. The van der Waals surface area contributed by atoms with E-state index < -0.39 is 0 Å². The molecule has 2 aromatic heterocycles. The van der Waals surface area contributed by atoms with Gasteiger partial charge < -0.3 is 5.73 Å². The van der Waals surface area contributed by atoms with E-state index in [2.05, 4.69) is 27.2 Å². The van der Waals surface area contributed by atoms with E-state index in [9.17, 15) is 0 Å².